The topological polar surface area (TPSA) is 44.7 Å². The summed E-state index contributed by atoms with van der Waals surface area (Å²) in [5, 5.41) is 10.5. The molecule has 1 aromatic rings. The van der Waals surface area contributed by atoms with E-state index in [4.69, 9.17) is 16.7 Å². The molecule has 32 heavy (non-hydrogen) atoms. The summed E-state index contributed by atoms with van der Waals surface area (Å²) < 4.78 is 0. The van der Waals surface area contributed by atoms with Crippen molar-refractivity contribution in [2.24, 2.45) is 34.2 Å². The van der Waals surface area contributed by atoms with Gasteiger partial charge in [-0.3, -0.25) is 9.80 Å². The van der Waals surface area contributed by atoms with Gasteiger partial charge in [0.2, 0.25) is 0 Å². The van der Waals surface area contributed by atoms with Crippen molar-refractivity contribution in [1.29, 1.82) is 0 Å². The molecule has 6 heteroatoms. The van der Waals surface area contributed by atoms with Crippen molar-refractivity contribution in [1.82, 2.24) is 10.3 Å². The highest BCUT2D eigenvalue weighted by molar-refractivity contribution is 7.12. The maximum Gasteiger partial charge on any atom is 0.267 e. The van der Waals surface area contributed by atoms with Crippen LogP contribution in [0.25, 0.3) is 0 Å². The van der Waals surface area contributed by atoms with Crippen LogP contribution in [0.15, 0.2) is 11.2 Å². The van der Waals surface area contributed by atoms with E-state index in [1.807, 2.05) is 11.3 Å². The summed E-state index contributed by atoms with van der Waals surface area (Å²) in [6, 6.07) is 2.59. The van der Waals surface area contributed by atoms with Gasteiger partial charge >= 0.3 is 0 Å². The van der Waals surface area contributed by atoms with Gasteiger partial charge in [0.25, 0.3) is 5.91 Å². The Hall–Kier alpha value is -1.07. The highest BCUT2D eigenvalue weighted by Crippen LogP contribution is 2.61. The zero-order valence-electron chi connectivity index (χ0n) is 19.8. The fourth-order valence-electron chi connectivity index (χ4n) is 7.06. The Kier molecular flexibility index (Phi) is 6.35. The third-order valence-corrected chi connectivity index (χ3v) is 10.5. The maximum absolute atomic E-state index is 13.4. The molecule has 0 aromatic carbocycles. The van der Waals surface area contributed by atoms with Crippen LogP contribution in [0, 0.1) is 36.0 Å². The molecule has 0 radical (unpaired) electrons. The van der Waals surface area contributed by atoms with Crippen molar-refractivity contribution in [3.63, 3.8) is 0 Å². The van der Waals surface area contributed by atoms with Gasteiger partial charge in [0, 0.05) is 34.6 Å². The minimum absolute atomic E-state index is 0.0826. The summed E-state index contributed by atoms with van der Waals surface area (Å²) in [5.74, 6) is 3.32. The number of thiophene rings is 1. The number of hydrogen-bond acceptors (Lipinski definition) is 4. The first-order chi connectivity index (χ1) is 15.4. The molecule has 4 aliphatic carbocycles. The lowest BCUT2D eigenvalue weighted by atomic mass is 9.45. The van der Waals surface area contributed by atoms with Gasteiger partial charge in [-0.05, 0) is 86.7 Å². The van der Waals surface area contributed by atoms with Gasteiger partial charge in [0.1, 0.15) is 5.71 Å². The lowest BCUT2D eigenvalue weighted by molar-refractivity contribution is -0.119. The Labute approximate surface area is 202 Å². The van der Waals surface area contributed by atoms with Crippen LogP contribution < -0.4 is 5.32 Å². The number of amides is 1. The van der Waals surface area contributed by atoms with E-state index in [2.05, 4.69) is 37.2 Å². The predicted octanol–water partition coefficient (Wildman–Crippen LogP) is 5.93. The Morgan fingerprint density at radius 2 is 2.12 bits per heavy atom. The molecule has 4 nitrogen and oxygen atoms in total. The van der Waals surface area contributed by atoms with Crippen molar-refractivity contribution in [3.8, 4) is 0 Å². The first-order valence-electron chi connectivity index (χ1n) is 12.7. The van der Waals surface area contributed by atoms with E-state index in [1.54, 1.807) is 0 Å². The lowest BCUT2D eigenvalue weighted by Gasteiger charge is -2.60. The number of nitrogens with zero attached hydrogens (tertiary/aromatic N) is 2. The quantitative estimate of drug-likeness (QED) is 0.374. The average Bonchev–Trinajstić information content (AvgIpc) is 3.34. The summed E-state index contributed by atoms with van der Waals surface area (Å²) in [5.41, 5.74) is 2.71. The van der Waals surface area contributed by atoms with Crippen molar-refractivity contribution in [3.05, 3.63) is 21.4 Å². The van der Waals surface area contributed by atoms with Gasteiger partial charge < -0.3 is 5.32 Å². The number of nitrogens with one attached hydrogen (secondary N) is 1. The highest BCUT2D eigenvalue weighted by Gasteiger charge is 2.54. The summed E-state index contributed by atoms with van der Waals surface area (Å²) in [6.07, 6.45) is 9.28. The number of aryl methyl sites for hydroxylation is 2. The summed E-state index contributed by atoms with van der Waals surface area (Å²) in [6.45, 7) is 8.77. The molecule has 5 atom stereocenters. The molecule has 5 unspecified atom stereocenters. The fourth-order valence-corrected chi connectivity index (χ4v) is 8.49. The Morgan fingerprint density at radius 3 is 2.88 bits per heavy atom. The monoisotopic (exact) mass is 475 g/mol. The highest BCUT2D eigenvalue weighted by atomic mass is 35.5. The van der Waals surface area contributed by atoms with Crippen LogP contribution in [-0.2, 0) is 11.2 Å². The molecular weight excluding hydrogens is 438 g/mol. The fraction of sp³-hybridized carbons (Fsp3) is 0.769. The van der Waals surface area contributed by atoms with Gasteiger partial charge in [-0.1, -0.05) is 20.3 Å². The summed E-state index contributed by atoms with van der Waals surface area (Å²) in [7, 11) is 0. The van der Waals surface area contributed by atoms with E-state index < -0.39 is 0 Å². The molecule has 1 N–H and O–H groups in total. The number of halogens is 1. The van der Waals surface area contributed by atoms with E-state index in [1.165, 1.54) is 34.6 Å². The second kappa shape index (κ2) is 8.94. The normalized spacial score (nSPS) is 32.1. The first kappa shape index (κ1) is 22.7. The van der Waals surface area contributed by atoms with Crippen LogP contribution in [0.1, 0.15) is 80.2 Å². The SMILES string of the molecule is Cc1cc2c(s1)C1C(CC2)C(C(=O)NCC2CCC3CC2C3(C)C)=NN1CCCCCCl. The third kappa shape index (κ3) is 3.91. The molecule has 0 spiro atoms. The van der Waals surface area contributed by atoms with Gasteiger partial charge in [-0.2, -0.15) is 5.10 Å². The van der Waals surface area contributed by atoms with Gasteiger partial charge in [-0.15, -0.1) is 22.9 Å². The summed E-state index contributed by atoms with van der Waals surface area (Å²) in [4.78, 5) is 16.2. The molecule has 176 valence electrons. The van der Waals surface area contributed by atoms with Crippen LogP contribution >= 0.6 is 22.9 Å². The largest absolute Gasteiger partial charge is 0.351 e. The minimum Gasteiger partial charge on any atom is -0.351 e. The van der Waals surface area contributed by atoms with Gasteiger partial charge in [0.15, 0.2) is 0 Å². The average molecular weight is 476 g/mol. The van der Waals surface area contributed by atoms with E-state index in [-0.39, 0.29) is 17.9 Å². The molecular formula is C26H38ClN3OS. The zero-order chi connectivity index (χ0) is 22.5. The molecule has 5 aliphatic rings. The zero-order valence-corrected chi connectivity index (χ0v) is 21.4. The number of rotatable bonds is 8. The van der Waals surface area contributed by atoms with Gasteiger partial charge in [0.05, 0.1) is 6.04 Å². The number of alkyl halides is 1. The van der Waals surface area contributed by atoms with E-state index in [0.717, 1.165) is 68.6 Å². The van der Waals surface area contributed by atoms with Crippen LogP contribution in [-0.4, -0.2) is 35.6 Å². The molecule has 1 aliphatic heterocycles. The van der Waals surface area contributed by atoms with Crippen molar-refractivity contribution in [2.45, 2.75) is 78.2 Å². The number of hydrogen-bond donors (Lipinski definition) is 1. The van der Waals surface area contributed by atoms with Crippen molar-refractivity contribution >= 4 is 34.6 Å². The van der Waals surface area contributed by atoms with Gasteiger partial charge in [-0.25, -0.2) is 0 Å². The lowest BCUT2D eigenvalue weighted by Crippen LogP contribution is -2.55. The number of hydrazone groups is 1. The maximum atomic E-state index is 13.4. The Morgan fingerprint density at radius 1 is 1.28 bits per heavy atom. The second-order valence-corrected chi connectivity index (χ2v) is 12.8. The number of fused-ring (bicyclic) bond motifs is 5. The predicted molar refractivity (Wildman–Crippen MR) is 133 cm³/mol. The second-order valence-electron chi connectivity index (χ2n) is 11.1. The number of carbonyl (C=O) groups is 1. The smallest absolute Gasteiger partial charge is 0.267 e. The standard InChI is InChI=1S/C26H38ClN3OS/c1-16-13-17-8-10-20-22(29-30(12-6-4-5-11-27)23(20)24(17)32-16)25(31)28-15-18-7-9-19-14-21(18)26(19,2)3/h13,18-21,23H,4-12,14-15H2,1-3H3,(H,28,31). The van der Waals surface area contributed by atoms with Crippen LogP contribution in [0.2, 0.25) is 0 Å². The molecule has 3 saturated carbocycles. The Balaban J connectivity index is 1.28. The molecule has 6 rings (SSSR count). The first-order valence-corrected chi connectivity index (χ1v) is 14.0. The minimum atomic E-state index is 0.0826. The van der Waals surface area contributed by atoms with Crippen molar-refractivity contribution < 1.29 is 4.79 Å². The molecule has 2 bridgehead atoms. The molecule has 1 amide bonds. The number of unbranched alkanes of at least 4 members (excludes halogenated alkanes) is 2. The number of carbonyl (C=O) groups excluding carboxylic acids is 1. The molecule has 1 aromatic heterocycles. The van der Waals surface area contributed by atoms with Crippen LogP contribution in [0.5, 0.6) is 0 Å². The van der Waals surface area contributed by atoms with E-state index >= 15 is 0 Å². The molecule has 3 fully saturated rings. The molecule has 0 saturated heterocycles. The Bertz CT molecular complexity index is 892. The van der Waals surface area contributed by atoms with Crippen molar-refractivity contribution in [2.75, 3.05) is 19.0 Å². The van der Waals surface area contributed by atoms with E-state index in [9.17, 15) is 4.79 Å². The summed E-state index contributed by atoms with van der Waals surface area (Å²) >= 11 is 7.78. The third-order valence-electron chi connectivity index (χ3n) is 9.03. The molecule has 2 heterocycles. The van der Waals surface area contributed by atoms with Crippen LogP contribution in [0.3, 0.4) is 0 Å². The van der Waals surface area contributed by atoms with Crippen LogP contribution in [0.4, 0.5) is 0 Å². The van der Waals surface area contributed by atoms with E-state index in [0.29, 0.717) is 11.3 Å².